The number of nitrogens with zero attached hydrogens (tertiary/aromatic N) is 2. The van der Waals surface area contributed by atoms with Crippen LogP contribution in [-0.2, 0) is 0 Å². The lowest BCUT2D eigenvalue weighted by molar-refractivity contribution is 0.0779. The lowest BCUT2D eigenvalue weighted by atomic mass is 9.94. The number of amides is 1. The molecule has 7 heteroatoms. The summed E-state index contributed by atoms with van der Waals surface area (Å²) in [5, 5.41) is 21.8. The highest BCUT2D eigenvalue weighted by molar-refractivity contribution is 7.98. The molecule has 31 heavy (non-hydrogen) atoms. The lowest BCUT2D eigenvalue weighted by Gasteiger charge is -2.26. The molecule has 0 aromatic heterocycles. The summed E-state index contributed by atoms with van der Waals surface area (Å²) in [6, 6.07) is 17.0. The van der Waals surface area contributed by atoms with Gasteiger partial charge in [-0.3, -0.25) is 4.79 Å². The fourth-order valence-corrected chi connectivity index (χ4v) is 4.76. The van der Waals surface area contributed by atoms with E-state index in [9.17, 15) is 15.2 Å². The van der Waals surface area contributed by atoms with Gasteiger partial charge in [0, 0.05) is 31.0 Å². The van der Waals surface area contributed by atoms with Crippen molar-refractivity contribution in [1.29, 1.82) is 5.26 Å². The first-order valence-corrected chi connectivity index (χ1v) is 11.7. The van der Waals surface area contributed by atoms with Crippen LogP contribution < -0.4 is 0 Å². The Kier molecular flexibility index (Phi) is 7.85. The fourth-order valence-electron chi connectivity index (χ4n) is 3.73. The Morgan fingerprint density at radius 3 is 2.58 bits per heavy atom. The first-order valence-electron chi connectivity index (χ1n) is 9.72. The van der Waals surface area contributed by atoms with Crippen molar-refractivity contribution in [2.45, 2.75) is 17.2 Å². The zero-order valence-corrected chi connectivity index (χ0v) is 19.6. The van der Waals surface area contributed by atoms with Gasteiger partial charge in [0.2, 0.25) is 0 Å². The number of aliphatic hydroxyl groups is 1. The number of hydrogen-bond donors (Lipinski definition) is 1. The van der Waals surface area contributed by atoms with Gasteiger partial charge in [0.1, 0.15) is 6.07 Å². The van der Waals surface area contributed by atoms with Crippen LogP contribution in [0.3, 0.4) is 0 Å². The first kappa shape index (κ1) is 23.4. The average molecular weight is 473 g/mol. The topological polar surface area (TPSA) is 64.3 Å². The van der Waals surface area contributed by atoms with E-state index in [1.54, 1.807) is 24.1 Å². The maximum atomic E-state index is 13.6. The molecule has 0 aliphatic rings. The second kappa shape index (κ2) is 10.4. The van der Waals surface area contributed by atoms with Gasteiger partial charge < -0.3 is 10.0 Å². The molecule has 0 saturated carbocycles. The minimum Gasteiger partial charge on any atom is -0.396 e. The number of aliphatic hydroxyl groups excluding tert-OH is 1. The monoisotopic (exact) mass is 472 g/mol. The molecule has 0 saturated heterocycles. The van der Waals surface area contributed by atoms with Gasteiger partial charge in [-0.05, 0) is 47.2 Å². The van der Waals surface area contributed by atoms with E-state index in [4.69, 9.17) is 23.2 Å². The van der Waals surface area contributed by atoms with Crippen LogP contribution in [0.1, 0.15) is 33.8 Å². The number of hydrogen-bond acceptors (Lipinski definition) is 4. The highest BCUT2D eigenvalue weighted by Gasteiger charge is 2.24. The van der Waals surface area contributed by atoms with Crippen molar-refractivity contribution >= 4 is 51.6 Å². The number of carbonyl (C=O) groups is 1. The van der Waals surface area contributed by atoms with Crippen LogP contribution in [0.5, 0.6) is 0 Å². The van der Waals surface area contributed by atoms with Gasteiger partial charge >= 0.3 is 0 Å². The molecule has 0 spiro atoms. The molecule has 1 amide bonds. The minimum absolute atomic E-state index is 0.0180. The largest absolute Gasteiger partial charge is 0.396 e. The van der Waals surface area contributed by atoms with Crippen LogP contribution in [0.4, 0.5) is 0 Å². The number of halogens is 2. The molecule has 3 aromatic rings. The molecule has 0 fully saturated rings. The number of thioether (sulfide) groups is 1. The number of nitriles is 1. The predicted octanol–water partition coefficient (Wildman–Crippen LogP) is 5.98. The summed E-state index contributed by atoms with van der Waals surface area (Å²) < 4.78 is 0. The van der Waals surface area contributed by atoms with Gasteiger partial charge in [-0.15, -0.1) is 11.8 Å². The number of benzene rings is 3. The Labute approximate surface area is 196 Å². The Balaban J connectivity index is 2.01. The van der Waals surface area contributed by atoms with E-state index in [0.29, 0.717) is 39.0 Å². The van der Waals surface area contributed by atoms with E-state index < -0.39 is 0 Å². The third-order valence-electron chi connectivity index (χ3n) is 5.27. The van der Waals surface area contributed by atoms with E-state index in [1.807, 2.05) is 42.7 Å². The van der Waals surface area contributed by atoms with Gasteiger partial charge in [-0.25, -0.2) is 0 Å². The van der Waals surface area contributed by atoms with Crippen LogP contribution in [-0.4, -0.2) is 42.4 Å². The molecule has 0 aliphatic carbocycles. The molecule has 1 N–H and O–H groups in total. The highest BCUT2D eigenvalue weighted by Crippen LogP contribution is 2.34. The van der Waals surface area contributed by atoms with Crippen LogP contribution in [0.2, 0.25) is 10.0 Å². The zero-order chi connectivity index (χ0) is 22.5. The predicted molar refractivity (Wildman–Crippen MR) is 128 cm³/mol. The second-order valence-electron chi connectivity index (χ2n) is 7.23. The molecule has 160 valence electrons. The van der Waals surface area contributed by atoms with Gasteiger partial charge in [-0.1, -0.05) is 53.5 Å². The van der Waals surface area contributed by atoms with Crippen molar-refractivity contribution in [3.63, 3.8) is 0 Å². The molecule has 4 nitrogen and oxygen atoms in total. The number of fused-ring (bicyclic) bond motifs is 1. The standard InChI is InChI=1S/C24H22Cl2N2O2S/c1-28(14-17(9-10-29)15-7-8-20(25)21(26)12-15)24(30)22-19-6-4-3-5-16(19)11-18(13-27)23(22)31-2/h3-8,11-12,17,29H,9-10,14H2,1-2H3/t17-/m1/s1. The SMILES string of the molecule is CSc1c(C#N)cc2ccccc2c1C(=O)N(C)C[C@@H](CCO)c1ccc(Cl)c(Cl)c1. The molecule has 0 aliphatic heterocycles. The van der Waals surface area contributed by atoms with E-state index >= 15 is 0 Å². The highest BCUT2D eigenvalue weighted by atomic mass is 35.5. The van der Waals surface area contributed by atoms with Crippen molar-refractivity contribution in [3.05, 3.63) is 75.3 Å². The summed E-state index contributed by atoms with van der Waals surface area (Å²) in [5.74, 6) is -0.280. The van der Waals surface area contributed by atoms with Crippen molar-refractivity contribution in [2.75, 3.05) is 26.5 Å². The first-order chi connectivity index (χ1) is 14.9. The number of carbonyl (C=O) groups excluding carboxylic acids is 1. The summed E-state index contributed by atoms with van der Waals surface area (Å²) in [6.45, 7) is 0.367. The van der Waals surface area contributed by atoms with Crippen LogP contribution >= 0.6 is 35.0 Å². The van der Waals surface area contributed by atoms with Crippen LogP contribution in [0, 0.1) is 11.3 Å². The molecular weight excluding hydrogens is 451 g/mol. The Hall–Kier alpha value is -2.23. The third kappa shape index (κ3) is 4.99. The van der Waals surface area contributed by atoms with Gasteiger partial charge in [0.15, 0.2) is 0 Å². The molecular formula is C24H22Cl2N2O2S. The lowest BCUT2D eigenvalue weighted by Crippen LogP contribution is -2.32. The van der Waals surface area contributed by atoms with Crippen LogP contribution in [0.15, 0.2) is 53.4 Å². The zero-order valence-electron chi connectivity index (χ0n) is 17.2. The molecule has 0 radical (unpaired) electrons. The van der Waals surface area contributed by atoms with Gasteiger partial charge in [0.25, 0.3) is 5.91 Å². The second-order valence-corrected chi connectivity index (χ2v) is 8.86. The third-order valence-corrected chi connectivity index (χ3v) is 6.84. The quantitative estimate of drug-likeness (QED) is 0.429. The minimum atomic E-state index is -0.166. The smallest absolute Gasteiger partial charge is 0.255 e. The normalized spacial score (nSPS) is 11.9. The van der Waals surface area contributed by atoms with E-state index in [-0.39, 0.29) is 18.4 Å². The number of likely N-dealkylation sites (N-methyl/N-ethyl adjacent to an activating group) is 1. The molecule has 3 aromatic carbocycles. The van der Waals surface area contributed by atoms with Crippen LogP contribution in [0.25, 0.3) is 10.8 Å². The molecule has 0 heterocycles. The van der Waals surface area contributed by atoms with Gasteiger partial charge in [-0.2, -0.15) is 5.26 Å². The summed E-state index contributed by atoms with van der Waals surface area (Å²) >= 11 is 13.6. The Bertz CT molecular complexity index is 1160. The maximum Gasteiger partial charge on any atom is 0.255 e. The maximum absolute atomic E-state index is 13.6. The number of rotatable bonds is 7. The van der Waals surface area contributed by atoms with Crippen molar-refractivity contribution in [2.24, 2.45) is 0 Å². The molecule has 0 bridgehead atoms. The van der Waals surface area contributed by atoms with Crippen molar-refractivity contribution in [3.8, 4) is 6.07 Å². The van der Waals surface area contributed by atoms with Crippen molar-refractivity contribution < 1.29 is 9.90 Å². The summed E-state index contributed by atoms with van der Waals surface area (Å²) in [4.78, 5) is 15.9. The average Bonchev–Trinajstić information content (AvgIpc) is 2.78. The fraction of sp³-hybridized carbons (Fsp3) is 0.250. The van der Waals surface area contributed by atoms with Gasteiger partial charge in [0.05, 0.1) is 21.2 Å². The van der Waals surface area contributed by atoms with E-state index in [0.717, 1.165) is 16.3 Å². The summed E-state index contributed by atoms with van der Waals surface area (Å²) in [5.41, 5.74) is 1.92. The summed E-state index contributed by atoms with van der Waals surface area (Å²) in [7, 11) is 1.74. The molecule has 0 unspecified atom stereocenters. The van der Waals surface area contributed by atoms with E-state index in [1.165, 1.54) is 11.8 Å². The van der Waals surface area contributed by atoms with E-state index in [2.05, 4.69) is 6.07 Å². The Morgan fingerprint density at radius 2 is 1.94 bits per heavy atom. The molecule has 3 rings (SSSR count). The molecule has 1 atom stereocenters. The summed E-state index contributed by atoms with van der Waals surface area (Å²) in [6.07, 6.45) is 2.34. The van der Waals surface area contributed by atoms with Crippen molar-refractivity contribution in [1.82, 2.24) is 4.90 Å². The Morgan fingerprint density at radius 1 is 1.19 bits per heavy atom.